The van der Waals surface area contributed by atoms with E-state index in [0.29, 0.717) is 18.5 Å². The molecule has 20 heavy (non-hydrogen) atoms. The smallest absolute Gasteiger partial charge is 0.231 e. The summed E-state index contributed by atoms with van der Waals surface area (Å²) >= 11 is 0. The minimum Gasteiger partial charge on any atom is -0.454 e. The van der Waals surface area contributed by atoms with E-state index in [-0.39, 0.29) is 18.5 Å². The molecule has 1 unspecified atom stereocenters. The number of nitrogens with two attached hydrogens (primary N) is 1. The Labute approximate surface area is 117 Å². The summed E-state index contributed by atoms with van der Waals surface area (Å²) in [5, 5.41) is 0. The lowest BCUT2D eigenvalue weighted by atomic mass is 9.91. The Morgan fingerprint density at radius 1 is 1.10 bits per heavy atom. The molecule has 3 nitrogen and oxygen atoms in total. The highest BCUT2D eigenvalue weighted by atomic mass is 19.1. The van der Waals surface area contributed by atoms with E-state index in [0.717, 1.165) is 17.1 Å². The van der Waals surface area contributed by atoms with Crippen molar-refractivity contribution in [1.82, 2.24) is 0 Å². The van der Waals surface area contributed by atoms with Crippen LogP contribution < -0.4 is 15.2 Å². The third kappa shape index (κ3) is 2.47. The van der Waals surface area contributed by atoms with Crippen LogP contribution in [-0.2, 0) is 6.42 Å². The van der Waals surface area contributed by atoms with Gasteiger partial charge in [0.25, 0.3) is 0 Å². The topological polar surface area (TPSA) is 44.5 Å². The fourth-order valence-electron chi connectivity index (χ4n) is 2.48. The minimum atomic E-state index is -0.205. The molecule has 0 radical (unpaired) electrons. The van der Waals surface area contributed by atoms with E-state index in [2.05, 4.69) is 0 Å². The van der Waals surface area contributed by atoms with Crippen molar-refractivity contribution in [2.24, 2.45) is 5.73 Å². The molecule has 1 heterocycles. The Morgan fingerprint density at radius 2 is 1.90 bits per heavy atom. The SMILES string of the molecule is NCC(Cc1ccc2c(c1)OCO2)c1ccccc1F. The van der Waals surface area contributed by atoms with Crippen LogP contribution in [-0.4, -0.2) is 13.3 Å². The zero-order valence-corrected chi connectivity index (χ0v) is 11.0. The molecule has 4 heteroatoms. The number of hydrogen-bond acceptors (Lipinski definition) is 3. The molecule has 2 aromatic carbocycles. The normalized spacial score (nSPS) is 14.3. The molecule has 104 valence electrons. The Morgan fingerprint density at radius 3 is 2.70 bits per heavy atom. The first-order valence-electron chi connectivity index (χ1n) is 6.61. The van der Waals surface area contributed by atoms with Crippen LogP contribution in [0.3, 0.4) is 0 Å². The molecule has 0 aliphatic carbocycles. The minimum absolute atomic E-state index is 0.0448. The molecule has 1 aliphatic heterocycles. The Balaban J connectivity index is 1.83. The average molecular weight is 273 g/mol. The molecule has 1 atom stereocenters. The van der Waals surface area contributed by atoms with Gasteiger partial charge in [-0.25, -0.2) is 4.39 Å². The van der Waals surface area contributed by atoms with Gasteiger partial charge in [0.05, 0.1) is 0 Å². The molecule has 2 N–H and O–H groups in total. The van der Waals surface area contributed by atoms with Crippen LogP contribution in [0, 0.1) is 5.82 Å². The lowest BCUT2D eigenvalue weighted by Gasteiger charge is -2.16. The van der Waals surface area contributed by atoms with Crippen molar-refractivity contribution in [3.8, 4) is 11.5 Å². The highest BCUT2D eigenvalue weighted by Crippen LogP contribution is 2.34. The molecular weight excluding hydrogens is 257 g/mol. The second kappa shape index (κ2) is 5.51. The molecule has 2 aromatic rings. The van der Waals surface area contributed by atoms with Crippen LogP contribution >= 0.6 is 0 Å². The predicted molar refractivity (Wildman–Crippen MR) is 74.5 cm³/mol. The molecule has 0 spiro atoms. The number of hydrogen-bond donors (Lipinski definition) is 1. The maximum Gasteiger partial charge on any atom is 0.231 e. The highest BCUT2D eigenvalue weighted by Gasteiger charge is 2.17. The number of fused-ring (bicyclic) bond motifs is 1. The molecule has 0 bridgehead atoms. The van der Waals surface area contributed by atoms with Crippen molar-refractivity contribution in [2.75, 3.05) is 13.3 Å². The lowest BCUT2D eigenvalue weighted by molar-refractivity contribution is 0.174. The Bertz CT molecular complexity index is 615. The summed E-state index contributed by atoms with van der Waals surface area (Å²) < 4.78 is 24.5. The fraction of sp³-hybridized carbons (Fsp3) is 0.250. The second-order valence-corrected chi connectivity index (χ2v) is 4.85. The maximum atomic E-state index is 13.8. The van der Waals surface area contributed by atoms with Crippen molar-refractivity contribution >= 4 is 0 Å². The van der Waals surface area contributed by atoms with Gasteiger partial charge in [-0.1, -0.05) is 24.3 Å². The van der Waals surface area contributed by atoms with Crippen molar-refractivity contribution in [3.05, 3.63) is 59.4 Å². The summed E-state index contributed by atoms with van der Waals surface area (Å²) in [4.78, 5) is 0. The van der Waals surface area contributed by atoms with Gasteiger partial charge in [0, 0.05) is 5.92 Å². The van der Waals surface area contributed by atoms with E-state index in [1.165, 1.54) is 6.07 Å². The summed E-state index contributed by atoms with van der Waals surface area (Å²) in [5.41, 5.74) is 7.53. The van der Waals surface area contributed by atoms with Crippen molar-refractivity contribution in [2.45, 2.75) is 12.3 Å². The Kier molecular flexibility index (Phi) is 3.56. The number of ether oxygens (including phenoxy) is 2. The van der Waals surface area contributed by atoms with Crippen molar-refractivity contribution in [1.29, 1.82) is 0 Å². The van der Waals surface area contributed by atoms with Gasteiger partial charge in [0.15, 0.2) is 11.5 Å². The van der Waals surface area contributed by atoms with Crippen LogP contribution in [0.25, 0.3) is 0 Å². The van der Waals surface area contributed by atoms with Gasteiger partial charge in [0.2, 0.25) is 6.79 Å². The van der Waals surface area contributed by atoms with Crippen LogP contribution in [0.1, 0.15) is 17.0 Å². The quantitative estimate of drug-likeness (QED) is 0.931. The molecule has 1 aliphatic rings. The van der Waals surface area contributed by atoms with Gasteiger partial charge >= 0.3 is 0 Å². The van der Waals surface area contributed by atoms with Crippen molar-refractivity contribution in [3.63, 3.8) is 0 Å². The average Bonchev–Trinajstić information content (AvgIpc) is 2.93. The van der Waals surface area contributed by atoms with E-state index in [9.17, 15) is 4.39 Å². The van der Waals surface area contributed by atoms with Gasteiger partial charge in [-0.05, 0) is 42.3 Å². The molecule has 0 amide bonds. The predicted octanol–water partition coefficient (Wildman–Crippen LogP) is 2.84. The fourth-order valence-corrected chi connectivity index (χ4v) is 2.48. The Hall–Kier alpha value is -2.07. The van der Waals surface area contributed by atoms with Gasteiger partial charge in [-0.2, -0.15) is 0 Å². The first-order valence-corrected chi connectivity index (χ1v) is 6.61. The number of rotatable bonds is 4. The monoisotopic (exact) mass is 273 g/mol. The van der Waals surface area contributed by atoms with E-state index >= 15 is 0 Å². The highest BCUT2D eigenvalue weighted by molar-refractivity contribution is 5.45. The van der Waals surface area contributed by atoms with E-state index < -0.39 is 0 Å². The van der Waals surface area contributed by atoms with Gasteiger partial charge in [0.1, 0.15) is 5.82 Å². The molecule has 0 fully saturated rings. The summed E-state index contributed by atoms with van der Waals surface area (Å²) in [5.74, 6) is 1.25. The number of halogens is 1. The standard InChI is InChI=1S/C16H16FNO2/c17-14-4-2-1-3-13(14)12(9-18)7-11-5-6-15-16(8-11)20-10-19-15/h1-6,8,12H,7,9-10,18H2. The second-order valence-electron chi connectivity index (χ2n) is 4.85. The largest absolute Gasteiger partial charge is 0.454 e. The summed E-state index contributed by atoms with van der Waals surface area (Å²) in [6.07, 6.45) is 0.675. The molecule has 0 aromatic heterocycles. The molecule has 3 rings (SSSR count). The van der Waals surface area contributed by atoms with E-state index in [1.54, 1.807) is 12.1 Å². The molecular formula is C16H16FNO2. The molecule has 0 saturated carbocycles. The summed E-state index contributed by atoms with van der Waals surface area (Å²) in [7, 11) is 0. The van der Waals surface area contributed by atoms with Gasteiger partial charge in [-0.15, -0.1) is 0 Å². The first kappa shape index (κ1) is 12.9. The maximum absolute atomic E-state index is 13.8. The zero-order valence-electron chi connectivity index (χ0n) is 11.0. The lowest BCUT2D eigenvalue weighted by Crippen LogP contribution is -2.16. The van der Waals surface area contributed by atoms with E-state index in [1.807, 2.05) is 24.3 Å². The zero-order chi connectivity index (χ0) is 13.9. The summed E-state index contributed by atoms with van der Waals surface area (Å²) in [6, 6.07) is 12.6. The van der Waals surface area contributed by atoms with Crippen molar-refractivity contribution < 1.29 is 13.9 Å². The molecule has 0 saturated heterocycles. The van der Waals surface area contributed by atoms with Gasteiger partial charge in [-0.3, -0.25) is 0 Å². The summed E-state index contributed by atoms with van der Waals surface area (Å²) in [6.45, 7) is 0.655. The third-order valence-electron chi connectivity index (χ3n) is 3.55. The van der Waals surface area contributed by atoms with Gasteiger partial charge < -0.3 is 15.2 Å². The van der Waals surface area contributed by atoms with Crippen LogP contribution in [0.15, 0.2) is 42.5 Å². The number of benzene rings is 2. The third-order valence-corrected chi connectivity index (χ3v) is 3.55. The first-order chi connectivity index (χ1) is 9.78. The van der Waals surface area contributed by atoms with E-state index in [4.69, 9.17) is 15.2 Å². The van der Waals surface area contributed by atoms with Crippen LogP contribution in [0.2, 0.25) is 0 Å². The van der Waals surface area contributed by atoms with Crippen LogP contribution in [0.5, 0.6) is 11.5 Å². The van der Waals surface area contributed by atoms with Crippen LogP contribution in [0.4, 0.5) is 4.39 Å².